The molecule has 1 heteroatoms. The van der Waals surface area contributed by atoms with Crippen LogP contribution in [0.3, 0.4) is 0 Å². The van der Waals surface area contributed by atoms with Crippen LogP contribution in [-0.4, -0.2) is 23.0 Å². The fourth-order valence-electron chi connectivity index (χ4n) is 3.12. The lowest BCUT2D eigenvalue weighted by Crippen LogP contribution is -2.63. The van der Waals surface area contributed by atoms with E-state index in [0.29, 0.717) is 0 Å². The summed E-state index contributed by atoms with van der Waals surface area (Å²) in [4.78, 5) is 2.84. The summed E-state index contributed by atoms with van der Waals surface area (Å²) in [5, 5.41) is 0. The van der Waals surface area contributed by atoms with Gasteiger partial charge in [0.2, 0.25) is 0 Å². The molecule has 2 atom stereocenters. The van der Waals surface area contributed by atoms with Gasteiger partial charge in [-0.05, 0) is 32.1 Å². The topological polar surface area (TPSA) is 3.24 Å². The zero-order chi connectivity index (χ0) is 7.26. The van der Waals surface area contributed by atoms with Gasteiger partial charge in [-0.25, -0.2) is 0 Å². The molecule has 2 heterocycles. The number of hydrogen-bond donors (Lipinski definition) is 0. The van der Waals surface area contributed by atoms with Gasteiger partial charge in [-0.3, -0.25) is 4.90 Å². The Morgan fingerprint density at radius 2 is 1.27 bits per heavy atom. The first-order chi connectivity index (χ1) is 5.45. The minimum absolute atomic E-state index is 1.03. The molecule has 3 aliphatic rings. The van der Waals surface area contributed by atoms with Crippen LogP contribution in [0.2, 0.25) is 0 Å². The molecule has 0 radical (unpaired) electrons. The highest BCUT2D eigenvalue weighted by Crippen LogP contribution is 2.43. The zero-order valence-electron chi connectivity index (χ0n) is 7.13. The van der Waals surface area contributed by atoms with Crippen LogP contribution in [0.25, 0.3) is 0 Å². The van der Waals surface area contributed by atoms with Crippen molar-refractivity contribution in [1.82, 2.24) is 4.90 Å². The summed E-state index contributed by atoms with van der Waals surface area (Å²) >= 11 is 0. The average molecular weight is 151 g/mol. The smallest absolute Gasteiger partial charge is 0.0116 e. The molecule has 1 aliphatic carbocycles. The lowest BCUT2D eigenvalue weighted by atomic mass is 9.75. The molecule has 1 nitrogen and oxygen atoms in total. The summed E-state index contributed by atoms with van der Waals surface area (Å²) in [7, 11) is 0. The maximum atomic E-state index is 2.84. The van der Waals surface area contributed by atoms with Crippen molar-refractivity contribution in [1.29, 1.82) is 0 Å². The molecule has 1 saturated carbocycles. The maximum absolute atomic E-state index is 2.84. The van der Waals surface area contributed by atoms with Gasteiger partial charge in [-0.15, -0.1) is 0 Å². The molecule has 62 valence electrons. The molecular weight excluding hydrogens is 134 g/mol. The predicted molar refractivity (Wildman–Crippen MR) is 45.5 cm³/mol. The van der Waals surface area contributed by atoms with E-state index in [1.165, 1.54) is 44.9 Å². The van der Waals surface area contributed by atoms with E-state index in [1.807, 2.05) is 0 Å². The van der Waals surface area contributed by atoms with E-state index >= 15 is 0 Å². The van der Waals surface area contributed by atoms with Gasteiger partial charge in [0.25, 0.3) is 0 Å². The van der Waals surface area contributed by atoms with Crippen molar-refractivity contribution in [3.8, 4) is 0 Å². The van der Waals surface area contributed by atoms with Crippen LogP contribution in [0.4, 0.5) is 0 Å². The van der Waals surface area contributed by atoms with Crippen molar-refractivity contribution in [3.05, 3.63) is 0 Å². The van der Waals surface area contributed by atoms with Crippen molar-refractivity contribution in [2.45, 2.75) is 63.1 Å². The second-order valence-electron chi connectivity index (χ2n) is 4.51. The minimum Gasteiger partial charge on any atom is -0.294 e. The summed E-state index contributed by atoms with van der Waals surface area (Å²) in [6, 6.07) is 3.08. The standard InChI is InChI=1S/C10H17N/c1-3-8(4-1)11-9-5-2-6-10(11)7-9/h8-10H,1-7H2. The van der Waals surface area contributed by atoms with Gasteiger partial charge in [0.15, 0.2) is 0 Å². The first-order valence-corrected chi connectivity index (χ1v) is 5.22. The lowest BCUT2D eigenvalue weighted by molar-refractivity contribution is -0.0833. The summed E-state index contributed by atoms with van der Waals surface area (Å²) < 4.78 is 0. The highest BCUT2D eigenvalue weighted by atomic mass is 15.3. The summed E-state index contributed by atoms with van der Waals surface area (Å²) in [6.07, 6.45) is 10.6. The highest BCUT2D eigenvalue weighted by molar-refractivity contribution is 5.01. The maximum Gasteiger partial charge on any atom is 0.0116 e. The Morgan fingerprint density at radius 3 is 1.73 bits per heavy atom. The van der Waals surface area contributed by atoms with E-state index in [1.54, 1.807) is 0 Å². The lowest BCUT2D eigenvalue weighted by Gasteiger charge is -2.58. The zero-order valence-corrected chi connectivity index (χ0v) is 7.13. The van der Waals surface area contributed by atoms with Gasteiger partial charge in [-0.2, -0.15) is 0 Å². The van der Waals surface area contributed by atoms with E-state index in [4.69, 9.17) is 0 Å². The van der Waals surface area contributed by atoms with Crippen molar-refractivity contribution < 1.29 is 0 Å². The Kier molecular flexibility index (Phi) is 1.31. The van der Waals surface area contributed by atoms with E-state index in [9.17, 15) is 0 Å². The third-order valence-corrected chi connectivity index (χ3v) is 3.96. The largest absolute Gasteiger partial charge is 0.294 e. The quantitative estimate of drug-likeness (QED) is 0.555. The number of hydrogen-bond acceptors (Lipinski definition) is 1. The first kappa shape index (κ1) is 6.47. The van der Waals surface area contributed by atoms with Crippen molar-refractivity contribution in [2.24, 2.45) is 0 Å². The fraction of sp³-hybridized carbons (Fsp3) is 1.00. The Labute approximate surface area is 68.8 Å². The van der Waals surface area contributed by atoms with Gasteiger partial charge < -0.3 is 0 Å². The predicted octanol–water partition coefficient (Wildman–Crippen LogP) is 2.17. The van der Waals surface area contributed by atoms with Crippen molar-refractivity contribution in [3.63, 3.8) is 0 Å². The summed E-state index contributed by atoms with van der Waals surface area (Å²) in [5.74, 6) is 0. The van der Waals surface area contributed by atoms with Crippen molar-refractivity contribution >= 4 is 0 Å². The Bertz CT molecular complexity index is 146. The molecule has 2 saturated heterocycles. The molecule has 0 N–H and O–H groups in total. The summed E-state index contributed by atoms with van der Waals surface area (Å²) in [5.41, 5.74) is 0. The molecule has 2 unspecified atom stereocenters. The van der Waals surface area contributed by atoms with Gasteiger partial charge in [0, 0.05) is 18.1 Å². The van der Waals surface area contributed by atoms with Crippen LogP contribution in [0.1, 0.15) is 44.9 Å². The second-order valence-corrected chi connectivity index (χ2v) is 4.51. The fourth-order valence-corrected chi connectivity index (χ4v) is 3.12. The molecular formula is C10H17N. The van der Waals surface area contributed by atoms with Gasteiger partial charge in [0.1, 0.15) is 0 Å². The number of nitrogens with zero attached hydrogens (tertiary/aromatic N) is 1. The third kappa shape index (κ3) is 0.807. The molecule has 2 bridgehead atoms. The van der Waals surface area contributed by atoms with E-state index < -0.39 is 0 Å². The van der Waals surface area contributed by atoms with Gasteiger partial charge in [-0.1, -0.05) is 12.8 Å². The Hall–Kier alpha value is -0.0400. The van der Waals surface area contributed by atoms with Crippen LogP contribution in [0.5, 0.6) is 0 Å². The van der Waals surface area contributed by atoms with Crippen molar-refractivity contribution in [2.75, 3.05) is 0 Å². The SMILES string of the molecule is C1CC(N2C3CCCC2C3)C1. The molecule has 0 aromatic carbocycles. The van der Waals surface area contributed by atoms with Gasteiger partial charge in [0.05, 0.1) is 0 Å². The van der Waals surface area contributed by atoms with Crippen LogP contribution < -0.4 is 0 Å². The molecule has 0 aromatic heterocycles. The van der Waals surface area contributed by atoms with Crippen LogP contribution >= 0.6 is 0 Å². The molecule has 0 amide bonds. The van der Waals surface area contributed by atoms with Crippen LogP contribution in [0, 0.1) is 0 Å². The Morgan fingerprint density at radius 1 is 0.727 bits per heavy atom. The molecule has 3 fully saturated rings. The van der Waals surface area contributed by atoms with E-state index in [2.05, 4.69) is 4.90 Å². The summed E-state index contributed by atoms with van der Waals surface area (Å²) in [6.45, 7) is 0. The average Bonchev–Trinajstić information content (AvgIpc) is 1.98. The molecule has 0 aromatic rings. The number of piperidine rings is 1. The minimum atomic E-state index is 1.03. The van der Waals surface area contributed by atoms with Crippen LogP contribution in [-0.2, 0) is 0 Å². The third-order valence-electron chi connectivity index (χ3n) is 3.96. The van der Waals surface area contributed by atoms with Gasteiger partial charge >= 0.3 is 0 Å². The molecule has 11 heavy (non-hydrogen) atoms. The molecule has 2 aliphatic heterocycles. The van der Waals surface area contributed by atoms with E-state index in [-0.39, 0.29) is 0 Å². The number of rotatable bonds is 1. The highest BCUT2D eigenvalue weighted by Gasteiger charge is 2.45. The number of fused-ring (bicyclic) bond motifs is 2. The first-order valence-electron chi connectivity index (χ1n) is 5.22. The van der Waals surface area contributed by atoms with E-state index in [0.717, 1.165) is 18.1 Å². The second kappa shape index (κ2) is 2.22. The molecule has 3 rings (SSSR count). The molecule has 0 spiro atoms. The Balaban J connectivity index is 1.69. The monoisotopic (exact) mass is 151 g/mol. The van der Waals surface area contributed by atoms with Crippen LogP contribution in [0.15, 0.2) is 0 Å². The normalized spacial score (nSPS) is 44.7.